The zero-order valence-corrected chi connectivity index (χ0v) is 9.99. The number of hydrogen-bond acceptors (Lipinski definition) is 2. The van der Waals surface area contributed by atoms with E-state index in [-0.39, 0.29) is 16.8 Å². The molecular weight excluding hydrogens is 273 g/mol. The Balaban J connectivity index is 2.22. The Morgan fingerprint density at radius 1 is 1.15 bits per heavy atom. The van der Waals surface area contributed by atoms with Gasteiger partial charge < -0.3 is 10.3 Å². The van der Waals surface area contributed by atoms with Crippen LogP contribution in [0.3, 0.4) is 0 Å². The van der Waals surface area contributed by atoms with Crippen molar-refractivity contribution in [1.29, 1.82) is 0 Å². The minimum absolute atomic E-state index is 0.00507. The molecule has 104 valence electrons. The zero-order valence-electron chi connectivity index (χ0n) is 9.99. The second-order valence-electron chi connectivity index (χ2n) is 3.97. The molecule has 0 saturated carbocycles. The normalized spacial score (nSPS) is 11.2. The number of rotatable bonds is 2. The van der Waals surface area contributed by atoms with E-state index in [1.54, 1.807) is 0 Å². The molecule has 0 radical (unpaired) electrons. The maximum absolute atomic E-state index is 12.5. The SMILES string of the molecule is O=C(Nc1cccc(C(F)(F)F)c1)c1cc(=O)cc[nH]1. The van der Waals surface area contributed by atoms with Gasteiger partial charge in [0.25, 0.3) is 5.91 Å². The Morgan fingerprint density at radius 3 is 2.55 bits per heavy atom. The average Bonchev–Trinajstić information content (AvgIpc) is 2.38. The number of aromatic amines is 1. The van der Waals surface area contributed by atoms with Gasteiger partial charge in [-0.15, -0.1) is 0 Å². The van der Waals surface area contributed by atoms with E-state index in [1.165, 1.54) is 24.4 Å². The van der Waals surface area contributed by atoms with Crippen molar-refractivity contribution >= 4 is 11.6 Å². The van der Waals surface area contributed by atoms with Gasteiger partial charge in [-0.1, -0.05) is 6.07 Å². The summed E-state index contributed by atoms with van der Waals surface area (Å²) in [5.41, 5.74) is -1.28. The van der Waals surface area contributed by atoms with E-state index < -0.39 is 17.6 Å². The molecule has 1 aromatic heterocycles. The first-order valence-electron chi connectivity index (χ1n) is 5.53. The summed E-state index contributed by atoms with van der Waals surface area (Å²) < 4.78 is 37.6. The number of carbonyl (C=O) groups is 1. The lowest BCUT2D eigenvalue weighted by atomic mass is 10.2. The predicted molar refractivity (Wildman–Crippen MR) is 66.5 cm³/mol. The van der Waals surface area contributed by atoms with Crippen LogP contribution in [0.15, 0.2) is 47.4 Å². The predicted octanol–water partition coefficient (Wildman–Crippen LogP) is 2.65. The van der Waals surface area contributed by atoms with Crippen LogP contribution in [0.25, 0.3) is 0 Å². The summed E-state index contributed by atoms with van der Waals surface area (Å²) in [6.45, 7) is 0. The number of halogens is 3. The summed E-state index contributed by atoms with van der Waals surface area (Å²) in [6.07, 6.45) is -3.20. The van der Waals surface area contributed by atoms with Crippen molar-refractivity contribution < 1.29 is 18.0 Å². The van der Waals surface area contributed by atoms with Crippen LogP contribution in [0.2, 0.25) is 0 Å². The molecule has 0 unspecified atom stereocenters. The van der Waals surface area contributed by atoms with Crippen molar-refractivity contribution in [1.82, 2.24) is 4.98 Å². The summed E-state index contributed by atoms with van der Waals surface area (Å²) in [6, 6.07) is 6.52. The van der Waals surface area contributed by atoms with E-state index in [2.05, 4.69) is 10.3 Å². The molecule has 1 heterocycles. The van der Waals surface area contributed by atoms with Crippen molar-refractivity contribution in [2.45, 2.75) is 6.18 Å². The van der Waals surface area contributed by atoms with Gasteiger partial charge in [-0.25, -0.2) is 0 Å². The van der Waals surface area contributed by atoms with E-state index in [1.807, 2.05) is 0 Å². The number of anilines is 1. The van der Waals surface area contributed by atoms with Crippen LogP contribution in [0.4, 0.5) is 18.9 Å². The van der Waals surface area contributed by atoms with E-state index in [4.69, 9.17) is 0 Å². The number of aromatic nitrogens is 1. The summed E-state index contributed by atoms with van der Waals surface area (Å²) in [5, 5.41) is 2.29. The molecule has 20 heavy (non-hydrogen) atoms. The molecule has 0 spiro atoms. The van der Waals surface area contributed by atoms with Crippen LogP contribution >= 0.6 is 0 Å². The standard InChI is InChI=1S/C13H9F3N2O2/c14-13(15,16)8-2-1-3-9(6-8)18-12(20)11-7-10(19)4-5-17-11/h1-7H,(H,17,19)(H,18,20). The average molecular weight is 282 g/mol. The third-order valence-corrected chi connectivity index (χ3v) is 2.47. The second kappa shape index (κ2) is 5.20. The van der Waals surface area contributed by atoms with E-state index in [0.717, 1.165) is 18.2 Å². The summed E-state index contributed by atoms with van der Waals surface area (Å²) in [5.74, 6) is -0.693. The van der Waals surface area contributed by atoms with Crippen LogP contribution in [0.5, 0.6) is 0 Å². The molecule has 2 rings (SSSR count). The summed E-state index contributed by atoms with van der Waals surface area (Å²) in [4.78, 5) is 25.4. The zero-order chi connectivity index (χ0) is 14.8. The highest BCUT2D eigenvalue weighted by atomic mass is 19.4. The Morgan fingerprint density at radius 2 is 1.90 bits per heavy atom. The fraction of sp³-hybridized carbons (Fsp3) is 0.0769. The Hall–Kier alpha value is -2.57. The Labute approximate surface area is 111 Å². The first-order valence-corrected chi connectivity index (χ1v) is 5.53. The van der Waals surface area contributed by atoms with Gasteiger partial charge in [0.05, 0.1) is 5.56 Å². The first-order chi connectivity index (χ1) is 9.36. The quantitative estimate of drug-likeness (QED) is 0.889. The molecule has 0 atom stereocenters. The molecule has 1 amide bonds. The molecule has 0 fully saturated rings. The minimum atomic E-state index is -4.48. The number of pyridine rings is 1. The van der Waals surface area contributed by atoms with E-state index in [9.17, 15) is 22.8 Å². The molecule has 0 aliphatic heterocycles. The van der Waals surface area contributed by atoms with Crippen LogP contribution in [-0.2, 0) is 6.18 Å². The minimum Gasteiger partial charge on any atom is -0.357 e. The number of nitrogens with one attached hydrogen (secondary N) is 2. The number of benzene rings is 1. The highest BCUT2D eigenvalue weighted by molar-refractivity contribution is 6.02. The molecule has 2 N–H and O–H groups in total. The van der Waals surface area contributed by atoms with Crippen LogP contribution in [0, 0.1) is 0 Å². The lowest BCUT2D eigenvalue weighted by Gasteiger charge is -2.09. The lowest BCUT2D eigenvalue weighted by Crippen LogP contribution is -2.16. The molecule has 7 heteroatoms. The molecule has 2 aromatic rings. The van der Waals surface area contributed by atoms with Crippen LogP contribution in [-0.4, -0.2) is 10.9 Å². The summed E-state index contributed by atoms with van der Waals surface area (Å²) in [7, 11) is 0. The Bertz CT molecular complexity index is 692. The van der Waals surface area contributed by atoms with Gasteiger partial charge in [0.1, 0.15) is 5.69 Å². The lowest BCUT2D eigenvalue weighted by molar-refractivity contribution is -0.137. The highest BCUT2D eigenvalue weighted by Gasteiger charge is 2.30. The highest BCUT2D eigenvalue weighted by Crippen LogP contribution is 2.30. The summed E-state index contributed by atoms with van der Waals surface area (Å²) >= 11 is 0. The molecule has 0 bridgehead atoms. The molecule has 0 saturated heterocycles. The monoisotopic (exact) mass is 282 g/mol. The fourth-order valence-corrected chi connectivity index (χ4v) is 1.55. The molecule has 4 nitrogen and oxygen atoms in total. The molecule has 1 aromatic carbocycles. The fourth-order valence-electron chi connectivity index (χ4n) is 1.55. The van der Waals surface area contributed by atoms with Crippen molar-refractivity contribution in [2.75, 3.05) is 5.32 Å². The van der Waals surface area contributed by atoms with Gasteiger partial charge >= 0.3 is 6.18 Å². The third kappa shape index (κ3) is 3.25. The third-order valence-electron chi connectivity index (χ3n) is 2.47. The second-order valence-corrected chi connectivity index (χ2v) is 3.97. The van der Waals surface area contributed by atoms with E-state index in [0.29, 0.717) is 0 Å². The van der Waals surface area contributed by atoms with Gasteiger partial charge in [-0.3, -0.25) is 9.59 Å². The van der Waals surface area contributed by atoms with Gasteiger partial charge in [-0.05, 0) is 18.2 Å². The maximum Gasteiger partial charge on any atom is 0.416 e. The Kier molecular flexibility index (Phi) is 3.60. The van der Waals surface area contributed by atoms with Gasteiger partial charge in [-0.2, -0.15) is 13.2 Å². The van der Waals surface area contributed by atoms with Crippen molar-refractivity contribution in [3.63, 3.8) is 0 Å². The van der Waals surface area contributed by atoms with Crippen molar-refractivity contribution in [3.8, 4) is 0 Å². The number of hydrogen-bond donors (Lipinski definition) is 2. The molecule has 0 aliphatic carbocycles. The smallest absolute Gasteiger partial charge is 0.357 e. The van der Waals surface area contributed by atoms with Crippen LogP contribution in [0.1, 0.15) is 16.1 Å². The molecule has 0 aliphatic rings. The van der Waals surface area contributed by atoms with Crippen molar-refractivity contribution in [3.05, 3.63) is 64.1 Å². The molecular formula is C13H9F3N2O2. The maximum atomic E-state index is 12.5. The number of carbonyl (C=O) groups excluding carboxylic acids is 1. The largest absolute Gasteiger partial charge is 0.416 e. The number of amides is 1. The number of alkyl halides is 3. The number of H-pyrrole nitrogens is 1. The topological polar surface area (TPSA) is 62.0 Å². The van der Waals surface area contributed by atoms with Crippen LogP contribution < -0.4 is 10.7 Å². The first kappa shape index (κ1) is 13.9. The van der Waals surface area contributed by atoms with Gasteiger partial charge in [0.2, 0.25) is 0 Å². The van der Waals surface area contributed by atoms with Gasteiger partial charge in [0.15, 0.2) is 5.43 Å². The van der Waals surface area contributed by atoms with Crippen molar-refractivity contribution in [2.24, 2.45) is 0 Å². The van der Waals surface area contributed by atoms with Gasteiger partial charge in [0, 0.05) is 24.0 Å². The van der Waals surface area contributed by atoms with E-state index >= 15 is 0 Å².